The Bertz CT molecular complexity index is 416. The number of amides is 1. The molecule has 1 amide bonds. The first-order chi connectivity index (χ1) is 9.35. The fourth-order valence-electron chi connectivity index (χ4n) is 1.89. The van der Waals surface area contributed by atoms with E-state index in [1.165, 1.54) is 5.69 Å². The Balaban J connectivity index is 2.55. The lowest BCUT2D eigenvalue weighted by Gasteiger charge is -2.21. The van der Waals surface area contributed by atoms with E-state index in [1.807, 2.05) is 45.0 Å². The molecule has 4 nitrogen and oxygen atoms in total. The van der Waals surface area contributed by atoms with Crippen LogP contribution in [0.5, 0.6) is 0 Å². The van der Waals surface area contributed by atoms with E-state index in [9.17, 15) is 4.79 Å². The summed E-state index contributed by atoms with van der Waals surface area (Å²) >= 11 is 0. The Morgan fingerprint density at radius 3 is 2.10 bits per heavy atom. The summed E-state index contributed by atoms with van der Waals surface area (Å²) in [6.07, 6.45) is 0. The molecule has 0 saturated heterocycles. The van der Waals surface area contributed by atoms with Crippen LogP contribution in [0, 0.1) is 0 Å². The first-order valence-corrected chi connectivity index (χ1v) is 7.25. The van der Waals surface area contributed by atoms with Crippen molar-refractivity contribution in [1.82, 2.24) is 5.32 Å². The van der Waals surface area contributed by atoms with Crippen LogP contribution in [0.25, 0.3) is 0 Å². The van der Waals surface area contributed by atoms with Crippen LogP contribution in [0.4, 0.5) is 11.4 Å². The molecule has 0 radical (unpaired) electrons. The third-order valence-corrected chi connectivity index (χ3v) is 3.06. The largest absolute Gasteiger partial charge is 0.372 e. The van der Waals surface area contributed by atoms with Crippen LogP contribution in [0.15, 0.2) is 24.3 Å². The van der Waals surface area contributed by atoms with Crippen molar-refractivity contribution in [3.63, 3.8) is 0 Å². The second-order valence-electron chi connectivity index (χ2n) is 5.87. The predicted molar refractivity (Wildman–Crippen MR) is 86.4 cm³/mol. The maximum absolute atomic E-state index is 11.8. The average Bonchev–Trinajstić information content (AvgIpc) is 2.39. The molecular formula is C16H27N3O. The number of nitrogens with zero attached hydrogens (tertiary/aromatic N) is 1. The number of rotatable bonds is 6. The summed E-state index contributed by atoms with van der Waals surface area (Å²) in [6, 6.07) is 7.98. The minimum atomic E-state index is -0.0516. The SMILES string of the molecule is CCN(CC)c1ccc(NC(=O)CNC(C)(C)C)cc1. The molecule has 1 aromatic rings. The van der Waals surface area contributed by atoms with Crippen LogP contribution in [-0.4, -0.2) is 31.1 Å². The third kappa shape index (κ3) is 5.61. The zero-order valence-corrected chi connectivity index (χ0v) is 13.3. The van der Waals surface area contributed by atoms with Gasteiger partial charge in [0.25, 0.3) is 0 Å². The van der Waals surface area contributed by atoms with E-state index in [0.29, 0.717) is 6.54 Å². The highest BCUT2D eigenvalue weighted by Crippen LogP contribution is 2.17. The summed E-state index contributed by atoms with van der Waals surface area (Å²) in [5.74, 6) is -0.0180. The van der Waals surface area contributed by atoms with Crippen molar-refractivity contribution < 1.29 is 4.79 Å². The third-order valence-electron chi connectivity index (χ3n) is 3.06. The minimum Gasteiger partial charge on any atom is -0.372 e. The first kappa shape index (κ1) is 16.5. The van der Waals surface area contributed by atoms with Gasteiger partial charge in [-0.15, -0.1) is 0 Å². The van der Waals surface area contributed by atoms with Crippen molar-refractivity contribution in [2.75, 3.05) is 29.9 Å². The quantitative estimate of drug-likeness (QED) is 0.840. The van der Waals surface area contributed by atoms with Crippen LogP contribution in [0.1, 0.15) is 34.6 Å². The summed E-state index contributed by atoms with van der Waals surface area (Å²) < 4.78 is 0. The molecule has 0 bridgehead atoms. The Hall–Kier alpha value is -1.55. The summed E-state index contributed by atoms with van der Waals surface area (Å²) in [4.78, 5) is 14.1. The van der Waals surface area contributed by atoms with Gasteiger partial charge in [-0.25, -0.2) is 0 Å². The predicted octanol–water partition coefficient (Wildman–Crippen LogP) is 2.86. The lowest BCUT2D eigenvalue weighted by atomic mass is 10.1. The fraction of sp³-hybridized carbons (Fsp3) is 0.562. The molecule has 0 aromatic heterocycles. The number of carbonyl (C=O) groups is 1. The number of benzene rings is 1. The minimum absolute atomic E-state index is 0.0180. The fourth-order valence-corrected chi connectivity index (χ4v) is 1.89. The van der Waals surface area contributed by atoms with Crippen LogP contribution in [0.2, 0.25) is 0 Å². The van der Waals surface area contributed by atoms with Crippen molar-refractivity contribution in [1.29, 1.82) is 0 Å². The molecule has 4 heteroatoms. The summed E-state index contributed by atoms with van der Waals surface area (Å²) in [7, 11) is 0. The van der Waals surface area contributed by atoms with Gasteiger partial charge in [0.05, 0.1) is 6.54 Å². The number of nitrogens with one attached hydrogen (secondary N) is 2. The van der Waals surface area contributed by atoms with Gasteiger partial charge in [-0.1, -0.05) is 0 Å². The number of hydrogen-bond acceptors (Lipinski definition) is 3. The van der Waals surface area contributed by atoms with Crippen LogP contribution < -0.4 is 15.5 Å². The zero-order chi connectivity index (χ0) is 15.2. The molecule has 0 spiro atoms. The molecule has 20 heavy (non-hydrogen) atoms. The van der Waals surface area contributed by atoms with Crippen LogP contribution in [-0.2, 0) is 4.79 Å². The zero-order valence-electron chi connectivity index (χ0n) is 13.3. The maximum atomic E-state index is 11.8. The summed E-state index contributed by atoms with van der Waals surface area (Å²) in [5, 5.41) is 6.07. The van der Waals surface area contributed by atoms with Crippen molar-refractivity contribution >= 4 is 17.3 Å². The van der Waals surface area contributed by atoms with Crippen LogP contribution >= 0.6 is 0 Å². The summed E-state index contributed by atoms with van der Waals surface area (Å²) in [5.41, 5.74) is 1.96. The first-order valence-electron chi connectivity index (χ1n) is 7.25. The van der Waals surface area contributed by atoms with E-state index < -0.39 is 0 Å². The highest BCUT2D eigenvalue weighted by Gasteiger charge is 2.11. The molecule has 0 aliphatic carbocycles. The highest BCUT2D eigenvalue weighted by molar-refractivity contribution is 5.92. The number of carbonyl (C=O) groups excluding carboxylic acids is 1. The van der Waals surface area contributed by atoms with Gasteiger partial charge >= 0.3 is 0 Å². The van der Waals surface area contributed by atoms with E-state index in [-0.39, 0.29) is 11.4 Å². The topological polar surface area (TPSA) is 44.4 Å². The van der Waals surface area contributed by atoms with Crippen molar-refractivity contribution in [2.24, 2.45) is 0 Å². The Morgan fingerprint density at radius 2 is 1.65 bits per heavy atom. The standard InChI is InChI=1S/C16H27N3O/c1-6-19(7-2)14-10-8-13(9-11-14)18-15(20)12-17-16(3,4)5/h8-11,17H,6-7,12H2,1-5H3,(H,18,20). The monoisotopic (exact) mass is 277 g/mol. The second-order valence-corrected chi connectivity index (χ2v) is 5.87. The van der Waals surface area contributed by atoms with E-state index in [2.05, 4.69) is 29.4 Å². The highest BCUT2D eigenvalue weighted by atomic mass is 16.1. The molecule has 112 valence electrons. The molecule has 0 unspecified atom stereocenters. The molecule has 1 rings (SSSR count). The van der Waals surface area contributed by atoms with E-state index in [1.54, 1.807) is 0 Å². The van der Waals surface area contributed by atoms with Gasteiger partial charge in [-0.3, -0.25) is 4.79 Å². The van der Waals surface area contributed by atoms with E-state index in [4.69, 9.17) is 0 Å². The average molecular weight is 277 g/mol. The molecular weight excluding hydrogens is 250 g/mol. The smallest absolute Gasteiger partial charge is 0.238 e. The molecule has 0 aliphatic heterocycles. The summed E-state index contributed by atoms with van der Waals surface area (Å²) in [6.45, 7) is 12.7. The lowest BCUT2D eigenvalue weighted by Crippen LogP contribution is -2.41. The molecule has 2 N–H and O–H groups in total. The second kappa shape index (κ2) is 7.29. The molecule has 0 atom stereocenters. The Morgan fingerprint density at radius 1 is 1.10 bits per heavy atom. The number of hydrogen-bond donors (Lipinski definition) is 2. The van der Waals surface area contributed by atoms with Gasteiger partial charge in [0.1, 0.15) is 0 Å². The van der Waals surface area contributed by atoms with Gasteiger partial charge in [0.2, 0.25) is 5.91 Å². The van der Waals surface area contributed by atoms with Gasteiger partial charge in [0, 0.05) is 30.0 Å². The molecule has 0 heterocycles. The van der Waals surface area contributed by atoms with Crippen molar-refractivity contribution in [2.45, 2.75) is 40.2 Å². The van der Waals surface area contributed by atoms with E-state index >= 15 is 0 Å². The van der Waals surface area contributed by atoms with E-state index in [0.717, 1.165) is 18.8 Å². The molecule has 0 aliphatic rings. The molecule has 0 fully saturated rings. The maximum Gasteiger partial charge on any atom is 0.238 e. The number of anilines is 2. The molecule has 0 saturated carbocycles. The van der Waals surface area contributed by atoms with Gasteiger partial charge in [-0.05, 0) is 58.9 Å². The van der Waals surface area contributed by atoms with Crippen molar-refractivity contribution in [3.8, 4) is 0 Å². The Kier molecular flexibility index (Phi) is 6.02. The molecule has 1 aromatic carbocycles. The van der Waals surface area contributed by atoms with Crippen molar-refractivity contribution in [3.05, 3.63) is 24.3 Å². The lowest BCUT2D eigenvalue weighted by molar-refractivity contribution is -0.115. The Labute approximate surface area is 122 Å². The normalized spacial score (nSPS) is 11.2. The van der Waals surface area contributed by atoms with Crippen LogP contribution in [0.3, 0.4) is 0 Å². The van der Waals surface area contributed by atoms with Gasteiger partial charge in [-0.2, -0.15) is 0 Å². The van der Waals surface area contributed by atoms with Gasteiger partial charge in [0.15, 0.2) is 0 Å². The van der Waals surface area contributed by atoms with Gasteiger partial charge < -0.3 is 15.5 Å².